The number of para-hydroxylation sites is 2. The second kappa shape index (κ2) is 10.7. The van der Waals surface area contributed by atoms with E-state index in [4.69, 9.17) is 4.98 Å². The summed E-state index contributed by atoms with van der Waals surface area (Å²) in [6, 6.07) is 41.3. The highest BCUT2D eigenvalue weighted by molar-refractivity contribution is 6.12. The van der Waals surface area contributed by atoms with Crippen molar-refractivity contribution in [3.05, 3.63) is 138 Å². The Morgan fingerprint density at radius 1 is 0.521 bits per heavy atom. The molecule has 4 heteroatoms. The van der Waals surface area contributed by atoms with E-state index in [1.165, 1.54) is 32.7 Å². The summed E-state index contributed by atoms with van der Waals surface area (Å²) in [6.07, 6.45) is 3.96. The first-order valence-corrected chi connectivity index (χ1v) is 16.6. The zero-order valence-corrected chi connectivity index (χ0v) is 28.3. The van der Waals surface area contributed by atoms with Crippen LogP contribution in [0.25, 0.3) is 66.1 Å². The SMILES string of the molecule is CC(C)(C)c1ccc2c(c1)c1ccccc1n2-c1cncc(-n2c3ccccc3c3cc(C(C)(C)C)ccc32)c1-c1cccc(C#N)c1. The molecule has 0 saturated heterocycles. The maximum absolute atomic E-state index is 9.99. The maximum Gasteiger partial charge on any atom is 0.0991 e. The first kappa shape index (κ1) is 29.7. The monoisotopic (exact) mass is 622 g/mol. The lowest BCUT2D eigenvalue weighted by molar-refractivity contribution is 0.591. The summed E-state index contributed by atoms with van der Waals surface area (Å²) in [5.41, 5.74) is 11.7. The minimum Gasteiger partial charge on any atom is -0.307 e. The van der Waals surface area contributed by atoms with E-state index < -0.39 is 0 Å². The molecule has 8 rings (SSSR count). The molecule has 234 valence electrons. The average Bonchev–Trinajstić information content (AvgIpc) is 3.59. The number of fused-ring (bicyclic) bond motifs is 6. The number of nitriles is 1. The van der Waals surface area contributed by atoms with Gasteiger partial charge < -0.3 is 9.13 Å². The molecule has 0 atom stereocenters. The van der Waals surface area contributed by atoms with Crippen molar-refractivity contribution in [3.63, 3.8) is 0 Å². The van der Waals surface area contributed by atoms with Gasteiger partial charge in [-0.3, -0.25) is 4.98 Å². The van der Waals surface area contributed by atoms with E-state index in [9.17, 15) is 5.26 Å². The van der Waals surface area contributed by atoms with Gasteiger partial charge in [0.05, 0.1) is 57.5 Å². The van der Waals surface area contributed by atoms with Crippen LogP contribution < -0.4 is 0 Å². The topological polar surface area (TPSA) is 46.5 Å². The summed E-state index contributed by atoms with van der Waals surface area (Å²) in [5, 5.41) is 14.8. The summed E-state index contributed by atoms with van der Waals surface area (Å²) < 4.78 is 4.71. The maximum atomic E-state index is 9.99. The third kappa shape index (κ3) is 4.61. The van der Waals surface area contributed by atoms with Gasteiger partial charge in [0.25, 0.3) is 0 Å². The van der Waals surface area contributed by atoms with Crippen LogP contribution in [0.5, 0.6) is 0 Å². The van der Waals surface area contributed by atoms with Gasteiger partial charge in [0.2, 0.25) is 0 Å². The van der Waals surface area contributed by atoms with Crippen molar-refractivity contribution in [2.75, 3.05) is 0 Å². The fourth-order valence-corrected chi connectivity index (χ4v) is 7.22. The Morgan fingerprint density at radius 2 is 1.00 bits per heavy atom. The molecule has 8 aromatic rings. The molecule has 4 nitrogen and oxygen atoms in total. The molecule has 0 spiro atoms. The number of hydrogen-bond donors (Lipinski definition) is 0. The predicted molar refractivity (Wildman–Crippen MR) is 200 cm³/mol. The van der Waals surface area contributed by atoms with E-state index in [2.05, 4.69) is 148 Å². The Hall–Kier alpha value is -5.66. The van der Waals surface area contributed by atoms with E-state index in [1.807, 2.05) is 30.6 Å². The summed E-state index contributed by atoms with van der Waals surface area (Å²) in [4.78, 5) is 4.96. The van der Waals surface area contributed by atoms with Crippen LogP contribution in [0.2, 0.25) is 0 Å². The van der Waals surface area contributed by atoms with Gasteiger partial charge in [-0.1, -0.05) is 102 Å². The Bertz CT molecular complexity index is 2440. The first-order chi connectivity index (χ1) is 23.0. The molecule has 5 aromatic carbocycles. The van der Waals surface area contributed by atoms with Crippen molar-refractivity contribution in [1.82, 2.24) is 14.1 Å². The average molecular weight is 623 g/mol. The van der Waals surface area contributed by atoms with Crippen LogP contribution in [0.4, 0.5) is 0 Å². The third-order valence-electron chi connectivity index (χ3n) is 9.75. The van der Waals surface area contributed by atoms with Crippen molar-refractivity contribution in [2.45, 2.75) is 52.4 Å². The Morgan fingerprint density at radius 3 is 1.48 bits per heavy atom. The van der Waals surface area contributed by atoms with Crippen LogP contribution in [0.15, 0.2) is 122 Å². The highest BCUT2D eigenvalue weighted by Gasteiger charge is 2.24. The molecular formula is C44H38N4. The standard InChI is InChI=1S/C44H38N4/c1-43(2,3)30-18-20-38-34(23-30)32-14-7-9-16-36(32)47(38)40-26-46-27-41(42(40)29-13-11-12-28(22-29)25-45)48-37-17-10-8-15-33(37)35-24-31(44(4,5)6)19-21-39(35)48/h7-24,26-27H,1-6H3. The van der Waals surface area contributed by atoms with Crippen LogP contribution in [-0.2, 0) is 10.8 Å². The second-order valence-corrected chi connectivity index (χ2v) is 14.9. The van der Waals surface area contributed by atoms with Gasteiger partial charge in [-0.05, 0) is 76.1 Å². The summed E-state index contributed by atoms with van der Waals surface area (Å²) in [7, 11) is 0. The molecule has 0 aliphatic carbocycles. The number of hydrogen-bond acceptors (Lipinski definition) is 2. The largest absolute Gasteiger partial charge is 0.307 e. The molecule has 0 N–H and O–H groups in total. The quantitative estimate of drug-likeness (QED) is 0.197. The zero-order valence-electron chi connectivity index (χ0n) is 28.3. The van der Waals surface area contributed by atoms with E-state index in [0.29, 0.717) is 5.56 Å². The number of benzene rings is 5. The summed E-state index contributed by atoms with van der Waals surface area (Å²) >= 11 is 0. The molecule has 0 radical (unpaired) electrons. The number of pyridine rings is 1. The molecular weight excluding hydrogens is 585 g/mol. The molecule has 0 fully saturated rings. The van der Waals surface area contributed by atoms with Gasteiger partial charge >= 0.3 is 0 Å². The van der Waals surface area contributed by atoms with Crippen LogP contribution in [0.3, 0.4) is 0 Å². The summed E-state index contributed by atoms with van der Waals surface area (Å²) in [6.45, 7) is 13.6. The highest BCUT2D eigenvalue weighted by atomic mass is 15.0. The van der Waals surface area contributed by atoms with Gasteiger partial charge in [-0.2, -0.15) is 5.26 Å². The van der Waals surface area contributed by atoms with Crippen molar-refractivity contribution >= 4 is 43.6 Å². The van der Waals surface area contributed by atoms with Gasteiger partial charge in [-0.25, -0.2) is 0 Å². The molecule has 0 bridgehead atoms. The van der Waals surface area contributed by atoms with Crippen LogP contribution >= 0.6 is 0 Å². The number of nitrogens with zero attached hydrogens (tertiary/aromatic N) is 4. The van der Waals surface area contributed by atoms with E-state index in [1.54, 1.807) is 0 Å². The normalized spacial score (nSPS) is 12.4. The van der Waals surface area contributed by atoms with Crippen LogP contribution in [-0.4, -0.2) is 14.1 Å². The Balaban J connectivity index is 1.52. The first-order valence-electron chi connectivity index (χ1n) is 16.6. The van der Waals surface area contributed by atoms with Crippen LogP contribution in [0, 0.1) is 11.3 Å². The lowest BCUT2D eigenvalue weighted by atomic mass is 9.86. The predicted octanol–water partition coefficient (Wildman–Crippen LogP) is 11.4. The molecule has 0 unspecified atom stereocenters. The molecule has 0 amide bonds. The lowest BCUT2D eigenvalue weighted by Gasteiger charge is -2.21. The fourth-order valence-electron chi connectivity index (χ4n) is 7.22. The van der Waals surface area contributed by atoms with Gasteiger partial charge in [0.15, 0.2) is 0 Å². The minimum absolute atomic E-state index is 0.0190. The molecule has 0 saturated carbocycles. The number of aromatic nitrogens is 3. The van der Waals surface area contributed by atoms with Gasteiger partial charge in [0.1, 0.15) is 0 Å². The Labute approximate surface area is 281 Å². The van der Waals surface area contributed by atoms with Crippen LogP contribution in [0.1, 0.15) is 58.2 Å². The molecule has 3 heterocycles. The Kier molecular flexibility index (Phi) is 6.62. The van der Waals surface area contributed by atoms with Crippen molar-refractivity contribution in [1.29, 1.82) is 5.26 Å². The smallest absolute Gasteiger partial charge is 0.0991 e. The third-order valence-corrected chi connectivity index (χ3v) is 9.75. The minimum atomic E-state index is 0.0190. The molecule has 3 aromatic heterocycles. The summed E-state index contributed by atoms with van der Waals surface area (Å²) in [5.74, 6) is 0. The van der Waals surface area contributed by atoms with Crippen molar-refractivity contribution in [3.8, 4) is 28.6 Å². The molecule has 48 heavy (non-hydrogen) atoms. The second-order valence-electron chi connectivity index (χ2n) is 14.9. The lowest BCUT2D eigenvalue weighted by Crippen LogP contribution is -2.10. The van der Waals surface area contributed by atoms with Crippen molar-refractivity contribution in [2.24, 2.45) is 0 Å². The molecule has 0 aliphatic rings. The van der Waals surface area contributed by atoms with E-state index in [-0.39, 0.29) is 10.8 Å². The zero-order chi connectivity index (χ0) is 33.4. The van der Waals surface area contributed by atoms with Gasteiger partial charge in [-0.15, -0.1) is 0 Å². The van der Waals surface area contributed by atoms with Gasteiger partial charge in [0, 0.05) is 27.1 Å². The molecule has 0 aliphatic heterocycles. The van der Waals surface area contributed by atoms with E-state index >= 15 is 0 Å². The highest BCUT2D eigenvalue weighted by Crippen LogP contribution is 2.43. The van der Waals surface area contributed by atoms with Crippen molar-refractivity contribution < 1.29 is 0 Å². The fraction of sp³-hybridized carbons (Fsp3) is 0.182. The number of rotatable bonds is 3. The van der Waals surface area contributed by atoms with E-state index in [0.717, 1.165) is 44.6 Å².